The smallest absolute Gasteiger partial charge is 0.227 e. The number of para-hydroxylation sites is 4. The fourth-order valence-electron chi connectivity index (χ4n) is 3.07. The first-order valence-corrected chi connectivity index (χ1v) is 8.11. The number of hydrogen-bond acceptors (Lipinski definition) is 4. The van der Waals surface area contributed by atoms with Crippen LogP contribution in [0.4, 0.5) is 0 Å². The Labute approximate surface area is 143 Å². The molecule has 2 heterocycles. The molecule has 5 rings (SSSR count). The summed E-state index contributed by atoms with van der Waals surface area (Å²) in [5, 5.41) is 0. The number of rotatable bonds is 2. The second kappa shape index (κ2) is 5.31. The van der Waals surface area contributed by atoms with E-state index < -0.39 is 0 Å². The largest absolute Gasteiger partial charge is 0.436 e. The summed E-state index contributed by atoms with van der Waals surface area (Å²) >= 11 is 0. The van der Waals surface area contributed by atoms with Crippen LogP contribution >= 0.6 is 0 Å². The fraction of sp³-hybridized carbons (Fsp3) is 0.0476. The monoisotopic (exact) mass is 326 g/mol. The van der Waals surface area contributed by atoms with Gasteiger partial charge in [0, 0.05) is 11.1 Å². The third kappa shape index (κ3) is 2.22. The number of aromatic nitrogens is 2. The highest BCUT2D eigenvalue weighted by Crippen LogP contribution is 2.33. The van der Waals surface area contributed by atoms with E-state index in [0.29, 0.717) is 11.8 Å². The number of nitrogens with zero attached hydrogens (tertiary/aromatic N) is 2. The normalized spacial score (nSPS) is 11.4. The third-order valence-corrected chi connectivity index (χ3v) is 4.38. The first-order valence-electron chi connectivity index (χ1n) is 8.11. The average molecular weight is 326 g/mol. The van der Waals surface area contributed by atoms with Crippen molar-refractivity contribution in [2.75, 3.05) is 0 Å². The van der Waals surface area contributed by atoms with E-state index in [4.69, 9.17) is 8.83 Å². The van der Waals surface area contributed by atoms with E-state index in [1.165, 1.54) is 0 Å². The molecule has 0 radical (unpaired) electrons. The molecular formula is C21H14N2O2. The summed E-state index contributed by atoms with van der Waals surface area (Å²) in [5.74, 6) is 1.22. The molecule has 4 nitrogen and oxygen atoms in total. The molecule has 0 N–H and O–H groups in total. The van der Waals surface area contributed by atoms with E-state index in [2.05, 4.69) is 9.97 Å². The number of fused-ring (bicyclic) bond motifs is 2. The zero-order valence-corrected chi connectivity index (χ0v) is 13.6. The fourth-order valence-corrected chi connectivity index (χ4v) is 3.07. The van der Waals surface area contributed by atoms with Gasteiger partial charge in [0.05, 0.1) is 0 Å². The molecule has 0 fully saturated rings. The van der Waals surface area contributed by atoms with E-state index >= 15 is 0 Å². The van der Waals surface area contributed by atoms with Gasteiger partial charge in [-0.05, 0) is 48.9 Å². The van der Waals surface area contributed by atoms with Gasteiger partial charge in [-0.25, -0.2) is 9.97 Å². The molecule has 0 atom stereocenters. The third-order valence-electron chi connectivity index (χ3n) is 4.38. The highest BCUT2D eigenvalue weighted by Gasteiger charge is 2.16. The molecule has 4 heteroatoms. The first-order chi connectivity index (χ1) is 12.3. The van der Waals surface area contributed by atoms with Crippen molar-refractivity contribution in [3.8, 4) is 22.9 Å². The Balaban J connectivity index is 1.68. The van der Waals surface area contributed by atoms with Gasteiger partial charge in [-0.1, -0.05) is 30.3 Å². The molecule has 3 aromatic carbocycles. The number of hydrogen-bond donors (Lipinski definition) is 0. The second-order valence-corrected chi connectivity index (χ2v) is 5.95. The van der Waals surface area contributed by atoms with Crippen LogP contribution in [0, 0.1) is 6.92 Å². The Morgan fingerprint density at radius 3 is 1.56 bits per heavy atom. The van der Waals surface area contributed by atoms with Gasteiger partial charge in [0.25, 0.3) is 0 Å². The molecule has 120 valence electrons. The Hall–Kier alpha value is -3.40. The summed E-state index contributed by atoms with van der Waals surface area (Å²) in [4.78, 5) is 9.21. The zero-order valence-electron chi connectivity index (χ0n) is 13.6. The SMILES string of the molecule is Cc1c(-c2nc3ccccc3o2)cccc1-c1nc2ccccc2o1. The van der Waals surface area contributed by atoms with E-state index in [-0.39, 0.29) is 0 Å². The summed E-state index contributed by atoms with van der Waals surface area (Å²) in [6.45, 7) is 2.04. The minimum absolute atomic E-state index is 0.608. The van der Waals surface area contributed by atoms with Crippen LogP contribution in [-0.4, -0.2) is 9.97 Å². The van der Waals surface area contributed by atoms with Crippen LogP contribution in [0.25, 0.3) is 45.1 Å². The van der Waals surface area contributed by atoms with Gasteiger partial charge in [0.15, 0.2) is 11.2 Å². The van der Waals surface area contributed by atoms with Crippen LogP contribution in [0.2, 0.25) is 0 Å². The zero-order chi connectivity index (χ0) is 16.8. The van der Waals surface area contributed by atoms with Gasteiger partial charge in [-0.3, -0.25) is 0 Å². The summed E-state index contributed by atoms with van der Waals surface area (Å²) in [5.41, 5.74) is 6.18. The molecule has 0 saturated heterocycles. The van der Waals surface area contributed by atoms with E-state index in [0.717, 1.165) is 38.9 Å². The summed E-state index contributed by atoms with van der Waals surface area (Å²) in [7, 11) is 0. The molecule has 0 saturated carbocycles. The van der Waals surface area contributed by atoms with Gasteiger partial charge in [0.2, 0.25) is 11.8 Å². The van der Waals surface area contributed by atoms with Crippen LogP contribution in [0.3, 0.4) is 0 Å². The van der Waals surface area contributed by atoms with Crippen LogP contribution in [0.5, 0.6) is 0 Å². The predicted octanol–water partition coefficient (Wildman–Crippen LogP) is 5.61. The maximum absolute atomic E-state index is 5.92. The Morgan fingerprint density at radius 2 is 1.08 bits per heavy atom. The minimum Gasteiger partial charge on any atom is -0.436 e. The molecule has 25 heavy (non-hydrogen) atoms. The van der Waals surface area contributed by atoms with Crippen molar-refractivity contribution >= 4 is 22.2 Å². The quantitative estimate of drug-likeness (QED) is 0.423. The maximum Gasteiger partial charge on any atom is 0.227 e. The molecular weight excluding hydrogens is 312 g/mol. The first kappa shape index (κ1) is 14.0. The van der Waals surface area contributed by atoms with Crippen molar-refractivity contribution in [1.29, 1.82) is 0 Å². The average Bonchev–Trinajstić information content (AvgIpc) is 3.25. The Bertz CT molecular complexity index is 1060. The van der Waals surface area contributed by atoms with Crippen LogP contribution < -0.4 is 0 Å². The minimum atomic E-state index is 0.608. The number of oxazole rings is 2. The Morgan fingerprint density at radius 1 is 0.600 bits per heavy atom. The summed E-state index contributed by atoms with van der Waals surface area (Å²) in [6.07, 6.45) is 0. The molecule has 0 aliphatic heterocycles. The van der Waals surface area contributed by atoms with Gasteiger partial charge in [-0.2, -0.15) is 0 Å². The van der Waals surface area contributed by atoms with Crippen molar-refractivity contribution < 1.29 is 8.83 Å². The van der Waals surface area contributed by atoms with E-state index in [1.54, 1.807) is 0 Å². The lowest BCUT2D eigenvalue weighted by Crippen LogP contribution is -1.88. The van der Waals surface area contributed by atoms with Crippen molar-refractivity contribution in [3.63, 3.8) is 0 Å². The van der Waals surface area contributed by atoms with Crippen molar-refractivity contribution in [2.24, 2.45) is 0 Å². The maximum atomic E-state index is 5.92. The molecule has 0 aliphatic carbocycles. The van der Waals surface area contributed by atoms with Crippen LogP contribution in [0.15, 0.2) is 75.6 Å². The standard InChI is InChI=1S/C21H14N2O2/c1-13-14(20-22-16-9-2-4-11-18(16)24-20)7-6-8-15(13)21-23-17-10-3-5-12-19(17)25-21/h2-12H,1H3. The second-order valence-electron chi connectivity index (χ2n) is 5.95. The van der Waals surface area contributed by atoms with Crippen molar-refractivity contribution in [1.82, 2.24) is 9.97 Å². The molecule has 0 spiro atoms. The molecule has 0 bridgehead atoms. The van der Waals surface area contributed by atoms with E-state index in [1.807, 2.05) is 73.7 Å². The van der Waals surface area contributed by atoms with Gasteiger partial charge < -0.3 is 8.83 Å². The lowest BCUT2D eigenvalue weighted by atomic mass is 10.0. The van der Waals surface area contributed by atoms with Gasteiger partial charge >= 0.3 is 0 Å². The molecule has 0 amide bonds. The van der Waals surface area contributed by atoms with Crippen LogP contribution in [-0.2, 0) is 0 Å². The Kier molecular flexibility index (Phi) is 2.97. The molecule has 5 aromatic rings. The topological polar surface area (TPSA) is 52.1 Å². The highest BCUT2D eigenvalue weighted by molar-refractivity contribution is 5.81. The predicted molar refractivity (Wildman–Crippen MR) is 97.2 cm³/mol. The van der Waals surface area contributed by atoms with Crippen molar-refractivity contribution in [3.05, 3.63) is 72.3 Å². The highest BCUT2D eigenvalue weighted by atomic mass is 16.4. The lowest BCUT2D eigenvalue weighted by Gasteiger charge is -2.05. The summed E-state index contributed by atoms with van der Waals surface area (Å²) < 4.78 is 11.8. The molecule has 2 aromatic heterocycles. The lowest BCUT2D eigenvalue weighted by molar-refractivity contribution is 0.616. The van der Waals surface area contributed by atoms with Gasteiger partial charge in [-0.15, -0.1) is 0 Å². The summed E-state index contributed by atoms with van der Waals surface area (Å²) in [6, 6.07) is 21.5. The molecule has 0 unspecified atom stereocenters. The molecule has 0 aliphatic rings. The van der Waals surface area contributed by atoms with Crippen LogP contribution in [0.1, 0.15) is 5.56 Å². The van der Waals surface area contributed by atoms with Gasteiger partial charge in [0.1, 0.15) is 11.0 Å². The van der Waals surface area contributed by atoms with E-state index in [9.17, 15) is 0 Å². The van der Waals surface area contributed by atoms with Crippen molar-refractivity contribution in [2.45, 2.75) is 6.92 Å². The number of benzene rings is 3.